The number of hydrogen-bond donors (Lipinski definition) is 0. The number of carbonyl (C=O) groups excluding carboxylic acids is 1. The summed E-state index contributed by atoms with van der Waals surface area (Å²) in [5, 5.41) is 0.880. The number of hydrogen-bond acceptors (Lipinski definition) is 5. The number of benzene rings is 2. The monoisotopic (exact) mass is 348 g/mol. The summed E-state index contributed by atoms with van der Waals surface area (Å²) in [5.41, 5.74) is 2.57. The van der Waals surface area contributed by atoms with Crippen molar-refractivity contribution in [1.82, 2.24) is 0 Å². The molecule has 1 aromatic heterocycles. The highest BCUT2D eigenvalue weighted by atomic mass is 16.7. The number of esters is 1. The lowest BCUT2D eigenvalue weighted by Crippen LogP contribution is -2.37. The summed E-state index contributed by atoms with van der Waals surface area (Å²) in [5.74, 6) is -0.983. The maximum atomic E-state index is 12.9. The minimum absolute atomic E-state index is 0.111. The molecule has 0 saturated carbocycles. The molecule has 5 heteroatoms. The standard InChI is InChI=1S/C21H16O5/c1-23-19(22)20-10-15-13-7-3-2-6-12(13)11-24-21(15,26-20)18-17(20)14-8-4-5-9-16(14)25-18/h2-9,15H,10-11H2,1H3/t15-,20+,21-/m1/s1. The van der Waals surface area contributed by atoms with Gasteiger partial charge in [0.1, 0.15) is 5.58 Å². The Hall–Kier alpha value is -2.63. The van der Waals surface area contributed by atoms with Gasteiger partial charge in [0.25, 0.3) is 0 Å². The predicted molar refractivity (Wildman–Crippen MR) is 91.3 cm³/mol. The van der Waals surface area contributed by atoms with E-state index in [1.54, 1.807) is 0 Å². The molecule has 5 nitrogen and oxygen atoms in total. The van der Waals surface area contributed by atoms with Gasteiger partial charge in [-0.15, -0.1) is 0 Å². The first-order valence-corrected chi connectivity index (χ1v) is 8.72. The Kier molecular flexibility index (Phi) is 2.54. The van der Waals surface area contributed by atoms with Crippen molar-refractivity contribution in [2.45, 2.75) is 30.3 Å². The molecule has 0 amide bonds. The smallest absolute Gasteiger partial charge is 0.343 e. The molecule has 2 bridgehead atoms. The predicted octanol–water partition coefficient (Wildman–Crippen LogP) is 3.70. The SMILES string of the molecule is COC(=O)[C@@]12C[C@@H]3c4ccccc4CO[C@]3(O1)c1oc3ccccc3c12. The number of furan rings is 1. The average molecular weight is 348 g/mol. The lowest BCUT2D eigenvalue weighted by Gasteiger charge is -2.37. The van der Waals surface area contributed by atoms with Crippen LogP contribution in [0, 0.1) is 0 Å². The van der Waals surface area contributed by atoms with Gasteiger partial charge >= 0.3 is 5.97 Å². The number of rotatable bonds is 1. The fourth-order valence-corrected chi connectivity index (χ4v) is 4.94. The van der Waals surface area contributed by atoms with Crippen LogP contribution in [-0.2, 0) is 37.0 Å². The second kappa shape index (κ2) is 4.55. The van der Waals surface area contributed by atoms with E-state index in [1.807, 2.05) is 36.4 Å². The van der Waals surface area contributed by atoms with E-state index in [0.717, 1.165) is 27.7 Å². The van der Waals surface area contributed by atoms with Crippen molar-refractivity contribution in [3.8, 4) is 0 Å². The van der Waals surface area contributed by atoms with Crippen LogP contribution in [-0.4, -0.2) is 13.1 Å². The van der Waals surface area contributed by atoms with Crippen molar-refractivity contribution in [3.05, 3.63) is 71.0 Å². The summed E-state index contributed by atoms with van der Waals surface area (Å²) < 4.78 is 24.0. The van der Waals surface area contributed by atoms with Crippen LogP contribution in [0.4, 0.5) is 0 Å². The van der Waals surface area contributed by atoms with Crippen molar-refractivity contribution in [2.24, 2.45) is 0 Å². The highest BCUT2D eigenvalue weighted by molar-refractivity contribution is 5.94. The Morgan fingerprint density at radius 3 is 2.85 bits per heavy atom. The van der Waals surface area contributed by atoms with E-state index in [-0.39, 0.29) is 5.92 Å². The van der Waals surface area contributed by atoms with Crippen LogP contribution in [0.2, 0.25) is 0 Å². The summed E-state index contributed by atoms with van der Waals surface area (Å²) in [6.07, 6.45) is 0.479. The van der Waals surface area contributed by atoms with Gasteiger partial charge in [0, 0.05) is 11.8 Å². The molecule has 3 aliphatic rings. The second-order valence-electron chi connectivity index (χ2n) is 7.13. The van der Waals surface area contributed by atoms with Gasteiger partial charge in [0.15, 0.2) is 11.4 Å². The van der Waals surface area contributed by atoms with Gasteiger partial charge in [-0.3, -0.25) is 0 Å². The third-order valence-electron chi connectivity index (χ3n) is 5.98. The first-order valence-electron chi connectivity index (χ1n) is 8.72. The van der Waals surface area contributed by atoms with E-state index < -0.39 is 17.4 Å². The van der Waals surface area contributed by atoms with Crippen molar-refractivity contribution < 1.29 is 23.4 Å². The first-order chi connectivity index (χ1) is 12.7. The van der Waals surface area contributed by atoms with E-state index in [1.165, 1.54) is 7.11 Å². The van der Waals surface area contributed by atoms with E-state index in [0.29, 0.717) is 18.8 Å². The fourth-order valence-electron chi connectivity index (χ4n) is 4.94. The summed E-state index contributed by atoms with van der Waals surface area (Å²) in [6.45, 7) is 0.417. The van der Waals surface area contributed by atoms with Gasteiger partial charge in [-0.05, 0) is 17.2 Å². The summed E-state index contributed by atoms with van der Waals surface area (Å²) in [7, 11) is 1.39. The van der Waals surface area contributed by atoms with Gasteiger partial charge < -0.3 is 18.6 Å². The molecular weight excluding hydrogens is 332 g/mol. The fraction of sp³-hybridized carbons (Fsp3) is 0.286. The van der Waals surface area contributed by atoms with Crippen LogP contribution in [0.15, 0.2) is 52.9 Å². The molecule has 1 spiro atoms. The van der Waals surface area contributed by atoms with Crippen molar-refractivity contribution in [3.63, 3.8) is 0 Å². The zero-order chi connectivity index (χ0) is 17.5. The second-order valence-corrected chi connectivity index (χ2v) is 7.13. The van der Waals surface area contributed by atoms with E-state index in [9.17, 15) is 4.79 Å². The minimum atomic E-state index is -1.20. The lowest BCUT2D eigenvalue weighted by atomic mass is 9.72. The Balaban J connectivity index is 1.68. The molecule has 2 aromatic carbocycles. The largest absolute Gasteiger partial charge is 0.467 e. The Morgan fingerprint density at radius 1 is 1.15 bits per heavy atom. The van der Waals surface area contributed by atoms with Crippen LogP contribution < -0.4 is 0 Å². The number of fused-ring (bicyclic) bond motifs is 7. The molecule has 3 aliphatic heterocycles. The summed E-state index contributed by atoms with van der Waals surface area (Å²) in [6, 6.07) is 15.8. The normalized spacial score (nSPS) is 30.7. The van der Waals surface area contributed by atoms with Gasteiger partial charge in [0.05, 0.1) is 25.2 Å². The van der Waals surface area contributed by atoms with Crippen molar-refractivity contribution >= 4 is 16.9 Å². The summed E-state index contributed by atoms with van der Waals surface area (Å²) >= 11 is 0. The number of ether oxygens (including phenoxy) is 3. The molecule has 3 atom stereocenters. The summed E-state index contributed by atoms with van der Waals surface area (Å²) in [4.78, 5) is 12.9. The maximum Gasteiger partial charge on any atom is 0.343 e. The topological polar surface area (TPSA) is 57.9 Å². The highest BCUT2D eigenvalue weighted by Crippen LogP contribution is 2.68. The van der Waals surface area contributed by atoms with Gasteiger partial charge in [-0.1, -0.05) is 42.5 Å². The highest BCUT2D eigenvalue weighted by Gasteiger charge is 2.73. The Morgan fingerprint density at radius 2 is 1.96 bits per heavy atom. The number of para-hydroxylation sites is 1. The molecule has 0 N–H and O–H groups in total. The van der Waals surface area contributed by atoms with Crippen molar-refractivity contribution in [2.75, 3.05) is 7.11 Å². The molecule has 0 radical (unpaired) electrons. The molecular formula is C21H16O5. The van der Waals surface area contributed by atoms with Crippen LogP contribution in [0.1, 0.15) is 34.8 Å². The Labute approximate surface area is 149 Å². The van der Waals surface area contributed by atoms with Crippen LogP contribution in [0.25, 0.3) is 11.0 Å². The molecule has 4 heterocycles. The van der Waals surface area contributed by atoms with E-state index in [2.05, 4.69) is 12.1 Å². The van der Waals surface area contributed by atoms with Crippen molar-refractivity contribution in [1.29, 1.82) is 0 Å². The maximum absolute atomic E-state index is 12.9. The Bertz CT molecular complexity index is 1080. The molecule has 0 unspecified atom stereocenters. The van der Waals surface area contributed by atoms with Crippen LogP contribution >= 0.6 is 0 Å². The molecule has 1 fully saturated rings. The lowest BCUT2D eigenvalue weighted by molar-refractivity contribution is -0.270. The third kappa shape index (κ3) is 1.44. The first kappa shape index (κ1) is 14.5. The zero-order valence-corrected chi connectivity index (χ0v) is 14.2. The average Bonchev–Trinajstić information content (AvgIpc) is 3.32. The number of carbonyl (C=O) groups is 1. The van der Waals surface area contributed by atoms with Gasteiger partial charge in [0.2, 0.25) is 5.79 Å². The zero-order valence-electron chi connectivity index (χ0n) is 14.2. The van der Waals surface area contributed by atoms with E-state index >= 15 is 0 Å². The van der Waals surface area contributed by atoms with E-state index in [4.69, 9.17) is 18.6 Å². The molecule has 3 aromatic rings. The third-order valence-corrected chi connectivity index (χ3v) is 5.98. The van der Waals surface area contributed by atoms with Gasteiger partial charge in [-0.25, -0.2) is 4.79 Å². The molecule has 6 rings (SSSR count). The minimum Gasteiger partial charge on any atom is -0.467 e. The van der Waals surface area contributed by atoms with Gasteiger partial charge in [-0.2, -0.15) is 0 Å². The van der Waals surface area contributed by atoms with Crippen LogP contribution in [0.5, 0.6) is 0 Å². The van der Waals surface area contributed by atoms with Crippen LogP contribution in [0.3, 0.4) is 0 Å². The molecule has 130 valence electrons. The molecule has 1 saturated heterocycles. The number of methoxy groups -OCH3 is 1. The molecule has 0 aliphatic carbocycles. The quantitative estimate of drug-likeness (QED) is 0.628. The molecule has 26 heavy (non-hydrogen) atoms.